The van der Waals surface area contributed by atoms with E-state index in [1.54, 1.807) is 6.92 Å². The molecule has 5 nitrogen and oxygen atoms in total. The van der Waals surface area contributed by atoms with Crippen LogP contribution in [0.3, 0.4) is 0 Å². The lowest BCUT2D eigenvalue weighted by Crippen LogP contribution is -2.66. The van der Waals surface area contributed by atoms with E-state index in [4.69, 9.17) is 11.6 Å². The predicted octanol–water partition coefficient (Wildman–Crippen LogP) is 2.99. The van der Waals surface area contributed by atoms with Crippen LogP contribution in [0.1, 0.15) is 43.7 Å². The van der Waals surface area contributed by atoms with Crippen molar-refractivity contribution in [2.45, 2.75) is 58.2 Å². The van der Waals surface area contributed by atoms with Gasteiger partial charge >= 0.3 is 0 Å². The maximum atomic E-state index is 12.8. The first-order chi connectivity index (χ1) is 13.4. The molecular weight excluding hydrogens is 374 g/mol. The lowest BCUT2D eigenvalue weighted by Gasteiger charge is -2.56. The molecule has 3 heterocycles. The van der Waals surface area contributed by atoms with Gasteiger partial charge in [-0.15, -0.1) is 0 Å². The number of hydrogen-bond donors (Lipinski definition) is 1. The van der Waals surface area contributed by atoms with E-state index < -0.39 is 0 Å². The molecule has 0 unspecified atom stereocenters. The van der Waals surface area contributed by atoms with Crippen molar-refractivity contribution in [1.29, 1.82) is 0 Å². The SMILES string of the molecule is CC(=O)NC[C@H]1[C@H]2C[C@H](CN(Cc3ccc(Cl)cc3C)C2)[C@@H]2CCCC(=O)N21. The third-order valence-electron chi connectivity index (χ3n) is 6.83. The third-order valence-corrected chi connectivity index (χ3v) is 7.07. The van der Waals surface area contributed by atoms with Gasteiger partial charge < -0.3 is 10.2 Å². The number of hydrogen-bond acceptors (Lipinski definition) is 3. The Labute approximate surface area is 172 Å². The minimum atomic E-state index is -0.0208. The van der Waals surface area contributed by atoms with E-state index in [-0.39, 0.29) is 17.9 Å². The molecule has 3 fully saturated rings. The van der Waals surface area contributed by atoms with Crippen LogP contribution >= 0.6 is 11.6 Å². The highest BCUT2D eigenvalue weighted by molar-refractivity contribution is 6.30. The fourth-order valence-electron chi connectivity index (χ4n) is 5.59. The van der Waals surface area contributed by atoms with Crippen LogP contribution in [-0.2, 0) is 16.1 Å². The number of amides is 2. The van der Waals surface area contributed by atoms with Gasteiger partial charge in [-0.3, -0.25) is 14.5 Å². The summed E-state index contributed by atoms with van der Waals surface area (Å²) in [7, 11) is 0. The molecule has 4 atom stereocenters. The largest absolute Gasteiger partial charge is 0.354 e. The van der Waals surface area contributed by atoms with Crippen molar-refractivity contribution in [3.63, 3.8) is 0 Å². The summed E-state index contributed by atoms with van der Waals surface area (Å²) in [6.45, 7) is 7.18. The standard InChI is InChI=1S/C22H30ClN3O2/c1-14-8-19(23)7-6-16(14)11-25-12-17-9-18(13-25)21(10-24-15(2)27)26-20(17)4-3-5-22(26)28/h6-8,17-18,20-21H,3-5,9-13H2,1-2H3,(H,24,27)/t17-,18+,20+,21+/m1/s1. The van der Waals surface area contributed by atoms with Crippen LogP contribution < -0.4 is 5.32 Å². The zero-order chi connectivity index (χ0) is 19.8. The number of carbonyl (C=O) groups is 2. The highest BCUT2D eigenvalue weighted by atomic mass is 35.5. The number of nitrogens with zero attached hydrogens (tertiary/aromatic N) is 2. The molecule has 1 N–H and O–H groups in total. The fourth-order valence-corrected chi connectivity index (χ4v) is 5.82. The molecule has 3 aliphatic heterocycles. The number of rotatable bonds is 4. The summed E-state index contributed by atoms with van der Waals surface area (Å²) in [5.74, 6) is 1.21. The number of piperidine rings is 3. The molecule has 0 spiro atoms. The summed E-state index contributed by atoms with van der Waals surface area (Å²) >= 11 is 6.12. The molecule has 152 valence electrons. The van der Waals surface area contributed by atoms with Gasteiger partial charge in [-0.1, -0.05) is 17.7 Å². The Morgan fingerprint density at radius 3 is 2.82 bits per heavy atom. The van der Waals surface area contributed by atoms with Crippen molar-refractivity contribution in [2.75, 3.05) is 19.6 Å². The normalized spacial score (nSPS) is 30.1. The minimum Gasteiger partial charge on any atom is -0.354 e. The van der Waals surface area contributed by atoms with E-state index in [0.29, 0.717) is 30.8 Å². The van der Waals surface area contributed by atoms with E-state index in [0.717, 1.165) is 43.9 Å². The molecule has 2 bridgehead atoms. The van der Waals surface area contributed by atoms with Crippen molar-refractivity contribution in [3.05, 3.63) is 34.3 Å². The number of nitrogens with one attached hydrogen (secondary N) is 1. The summed E-state index contributed by atoms with van der Waals surface area (Å²) in [5.41, 5.74) is 2.55. The number of benzene rings is 1. The Hall–Kier alpha value is -1.59. The molecule has 6 heteroatoms. The molecule has 0 aliphatic carbocycles. The smallest absolute Gasteiger partial charge is 0.223 e. The Morgan fingerprint density at radius 1 is 1.29 bits per heavy atom. The number of halogens is 1. The van der Waals surface area contributed by atoms with Crippen LogP contribution in [-0.4, -0.2) is 53.3 Å². The average molecular weight is 404 g/mol. The minimum absolute atomic E-state index is 0.0208. The van der Waals surface area contributed by atoms with Crippen LogP contribution in [0.4, 0.5) is 0 Å². The molecule has 3 saturated heterocycles. The summed E-state index contributed by atoms with van der Waals surface area (Å²) in [6, 6.07) is 6.57. The molecule has 0 radical (unpaired) electrons. The second kappa shape index (κ2) is 8.03. The molecule has 2 amide bonds. The van der Waals surface area contributed by atoms with Crippen molar-refractivity contribution >= 4 is 23.4 Å². The molecule has 3 aliphatic rings. The first kappa shape index (κ1) is 19.7. The van der Waals surface area contributed by atoms with Gasteiger partial charge in [0.15, 0.2) is 0 Å². The van der Waals surface area contributed by atoms with Crippen molar-refractivity contribution < 1.29 is 9.59 Å². The van der Waals surface area contributed by atoms with Gasteiger partial charge in [0.1, 0.15) is 0 Å². The highest BCUT2D eigenvalue weighted by Crippen LogP contribution is 2.41. The number of carbonyl (C=O) groups excluding carboxylic acids is 2. The van der Waals surface area contributed by atoms with E-state index in [1.807, 2.05) is 12.1 Å². The van der Waals surface area contributed by atoms with Crippen LogP contribution in [0.25, 0.3) is 0 Å². The zero-order valence-electron chi connectivity index (χ0n) is 16.8. The summed E-state index contributed by atoms with van der Waals surface area (Å²) in [4.78, 5) is 29.0. The van der Waals surface area contributed by atoms with Gasteiger partial charge in [-0.25, -0.2) is 0 Å². The second-order valence-corrected chi connectivity index (χ2v) is 9.22. The molecule has 28 heavy (non-hydrogen) atoms. The van der Waals surface area contributed by atoms with Gasteiger partial charge in [0.05, 0.1) is 6.04 Å². The van der Waals surface area contributed by atoms with E-state index in [9.17, 15) is 9.59 Å². The van der Waals surface area contributed by atoms with Gasteiger partial charge in [-0.05, 0) is 61.3 Å². The number of fused-ring (bicyclic) bond motifs is 4. The van der Waals surface area contributed by atoms with Crippen molar-refractivity contribution in [2.24, 2.45) is 11.8 Å². The molecule has 1 aromatic carbocycles. The van der Waals surface area contributed by atoms with Crippen LogP contribution in [0, 0.1) is 18.8 Å². The monoisotopic (exact) mass is 403 g/mol. The van der Waals surface area contributed by atoms with E-state index in [2.05, 4.69) is 28.1 Å². The summed E-state index contributed by atoms with van der Waals surface area (Å²) < 4.78 is 0. The maximum Gasteiger partial charge on any atom is 0.223 e. The Kier molecular flexibility index (Phi) is 5.66. The Morgan fingerprint density at radius 2 is 2.07 bits per heavy atom. The molecular formula is C22H30ClN3O2. The first-order valence-corrected chi connectivity index (χ1v) is 10.8. The molecule has 1 aromatic rings. The van der Waals surface area contributed by atoms with Gasteiger partial charge in [0.2, 0.25) is 11.8 Å². The fraction of sp³-hybridized carbons (Fsp3) is 0.636. The first-order valence-electron chi connectivity index (χ1n) is 10.5. The third kappa shape index (κ3) is 3.92. The zero-order valence-corrected chi connectivity index (χ0v) is 17.5. The quantitative estimate of drug-likeness (QED) is 0.840. The summed E-state index contributed by atoms with van der Waals surface area (Å²) in [5, 5.41) is 3.77. The van der Waals surface area contributed by atoms with E-state index in [1.165, 1.54) is 11.1 Å². The Balaban J connectivity index is 1.54. The average Bonchev–Trinajstić information content (AvgIpc) is 2.64. The molecule has 0 aromatic heterocycles. The van der Waals surface area contributed by atoms with Crippen molar-refractivity contribution in [1.82, 2.24) is 15.1 Å². The van der Waals surface area contributed by atoms with Crippen LogP contribution in [0.15, 0.2) is 18.2 Å². The predicted molar refractivity (Wildman–Crippen MR) is 110 cm³/mol. The van der Waals surface area contributed by atoms with Gasteiger partial charge in [0, 0.05) is 50.6 Å². The molecule has 4 rings (SSSR count). The number of aryl methyl sites for hydroxylation is 1. The van der Waals surface area contributed by atoms with Crippen LogP contribution in [0.5, 0.6) is 0 Å². The maximum absolute atomic E-state index is 12.8. The van der Waals surface area contributed by atoms with Gasteiger partial charge in [-0.2, -0.15) is 0 Å². The Bertz CT molecular complexity index is 768. The number of likely N-dealkylation sites (tertiary alicyclic amines) is 1. The topological polar surface area (TPSA) is 52.7 Å². The molecule has 0 saturated carbocycles. The summed E-state index contributed by atoms with van der Waals surface area (Å²) in [6.07, 6.45) is 3.90. The van der Waals surface area contributed by atoms with E-state index >= 15 is 0 Å². The lowest BCUT2D eigenvalue weighted by molar-refractivity contribution is -0.153. The highest BCUT2D eigenvalue weighted by Gasteiger charge is 2.49. The second-order valence-electron chi connectivity index (χ2n) is 8.79. The van der Waals surface area contributed by atoms with Crippen LogP contribution in [0.2, 0.25) is 5.02 Å². The lowest BCUT2D eigenvalue weighted by atomic mass is 9.72. The van der Waals surface area contributed by atoms with Gasteiger partial charge in [0.25, 0.3) is 0 Å². The van der Waals surface area contributed by atoms with Crippen molar-refractivity contribution in [3.8, 4) is 0 Å².